The van der Waals surface area contributed by atoms with Gasteiger partial charge in [-0.1, -0.05) is 0 Å². The number of rotatable bonds is 2. The van der Waals surface area contributed by atoms with Gasteiger partial charge in [0.05, 0.1) is 0 Å². The SMILES string of the molecule is O=C(NF)C(F)(F)[Si](C(F)(F)F)C(F)(F)F. The van der Waals surface area contributed by atoms with Gasteiger partial charge >= 0.3 is 31.8 Å². The maximum Gasteiger partial charge on any atom is 0.413 e. The summed E-state index contributed by atoms with van der Waals surface area (Å²) in [6.07, 6.45) is 0. The fourth-order valence-corrected chi connectivity index (χ4v) is 2.00. The molecule has 0 aliphatic heterocycles. The van der Waals surface area contributed by atoms with Gasteiger partial charge in [0.1, 0.15) is 0 Å². The van der Waals surface area contributed by atoms with Crippen molar-refractivity contribution in [3.8, 4) is 0 Å². The topological polar surface area (TPSA) is 29.1 Å². The van der Waals surface area contributed by atoms with Gasteiger partial charge in [-0.05, 0) is 0 Å². The Bertz CT molecular complexity index is 256. The van der Waals surface area contributed by atoms with E-state index >= 15 is 0 Å². The van der Waals surface area contributed by atoms with Crippen molar-refractivity contribution in [1.82, 2.24) is 5.54 Å². The summed E-state index contributed by atoms with van der Waals surface area (Å²) < 4.78 is 107. The lowest BCUT2D eigenvalue weighted by Crippen LogP contribution is -2.64. The largest absolute Gasteiger partial charge is 0.413 e. The van der Waals surface area contributed by atoms with Crippen molar-refractivity contribution in [1.29, 1.82) is 0 Å². The highest BCUT2D eigenvalue weighted by molar-refractivity contribution is 6.69. The first-order valence-corrected chi connectivity index (χ1v) is 4.65. The van der Waals surface area contributed by atoms with Crippen LogP contribution in [0.25, 0.3) is 0 Å². The van der Waals surface area contributed by atoms with E-state index in [1.165, 1.54) is 0 Å². The minimum absolute atomic E-state index is 0.434. The van der Waals surface area contributed by atoms with Crippen LogP contribution in [0.5, 0.6) is 0 Å². The van der Waals surface area contributed by atoms with Gasteiger partial charge in [-0.25, -0.2) is 8.78 Å². The van der Waals surface area contributed by atoms with Crippen molar-refractivity contribution < 1.29 is 44.4 Å². The molecule has 1 N–H and O–H groups in total. The Labute approximate surface area is 82.9 Å². The lowest BCUT2D eigenvalue weighted by molar-refractivity contribution is -0.154. The highest BCUT2D eigenvalue weighted by Gasteiger charge is 2.75. The van der Waals surface area contributed by atoms with Gasteiger partial charge in [0, 0.05) is 0 Å². The zero-order chi connectivity index (χ0) is 13.4. The number of halogens is 9. The van der Waals surface area contributed by atoms with Crippen LogP contribution in [0.2, 0.25) is 0 Å². The van der Waals surface area contributed by atoms with Crippen molar-refractivity contribution in [3.05, 3.63) is 0 Å². The molecule has 0 aliphatic rings. The molecule has 0 spiro atoms. The van der Waals surface area contributed by atoms with Crippen LogP contribution in [0.3, 0.4) is 0 Å². The molecular formula is C4HF9NOSi. The number of nitrogens with one attached hydrogen (secondary N) is 1. The maximum absolute atomic E-state index is 12.4. The molecule has 0 heterocycles. The van der Waals surface area contributed by atoms with E-state index in [1.54, 1.807) is 0 Å². The lowest BCUT2D eigenvalue weighted by Gasteiger charge is -2.25. The van der Waals surface area contributed by atoms with E-state index in [4.69, 9.17) is 0 Å². The summed E-state index contributed by atoms with van der Waals surface area (Å²) >= 11 is 0. The summed E-state index contributed by atoms with van der Waals surface area (Å²) in [5.74, 6) is -15.9. The van der Waals surface area contributed by atoms with Crippen LogP contribution in [-0.2, 0) is 4.79 Å². The molecule has 0 saturated carbocycles. The Hall–Kier alpha value is -0.943. The number of hydrogen-bond donors (Lipinski definition) is 1. The van der Waals surface area contributed by atoms with Crippen molar-refractivity contribution in [2.45, 2.75) is 17.1 Å². The Kier molecular flexibility index (Phi) is 3.90. The first-order valence-electron chi connectivity index (χ1n) is 3.15. The van der Waals surface area contributed by atoms with Gasteiger partial charge in [-0.3, -0.25) is 4.79 Å². The number of carbonyl (C=O) groups is 1. The minimum Gasteiger partial charge on any atom is -0.266 e. The Morgan fingerprint density at radius 1 is 0.875 bits per heavy atom. The summed E-state index contributed by atoms with van der Waals surface area (Å²) in [6.45, 7) is 0. The molecule has 12 heteroatoms. The molecule has 1 amide bonds. The molecule has 0 rings (SSSR count). The number of carbonyl (C=O) groups excluding carboxylic acids is 1. The van der Waals surface area contributed by atoms with Gasteiger partial charge in [0.25, 0.3) is 0 Å². The van der Waals surface area contributed by atoms with Gasteiger partial charge < -0.3 is 0 Å². The number of hydrogen-bond acceptors (Lipinski definition) is 1. The first-order chi connectivity index (χ1) is 6.85. The molecule has 95 valence electrons. The molecule has 0 atom stereocenters. The molecule has 0 aliphatic carbocycles. The van der Waals surface area contributed by atoms with Crippen molar-refractivity contribution in [2.24, 2.45) is 0 Å². The van der Waals surface area contributed by atoms with Crippen molar-refractivity contribution >= 4 is 14.7 Å². The van der Waals surface area contributed by atoms with E-state index in [0.29, 0.717) is 0 Å². The molecule has 0 unspecified atom stereocenters. The van der Waals surface area contributed by atoms with Crippen LogP contribution in [-0.4, -0.2) is 31.8 Å². The van der Waals surface area contributed by atoms with E-state index in [9.17, 15) is 44.4 Å². The van der Waals surface area contributed by atoms with Crippen LogP contribution in [0, 0.1) is 0 Å². The lowest BCUT2D eigenvalue weighted by atomic mass is 10.7. The molecule has 0 aromatic carbocycles. The highest BCUT2D eigenvalue weighted by atomic mass is 28.3. The first kappa shape index (κ1) is 15.1. The highest BCUT2D eigenvalue weighted by Crippen LogP contribution is 2.40. The third kappa shape index (κ3) is 3.02. The second-order valence-corrected chi connectivity index (χ2v) is 4.88. The summed E-state index contributed by atoms with van der Waals surface area (Å²) in [7, 11) is -6.45. The molecule has 0 bridgehead atoms. The molecule has 1 radical (unpaired) electrons. The van der Waals surface area contributed by atoms with Crippen molar-refractivity contribution in [3.63, 3.8) is 0 Å². The molecule has 2 nitrogen and oxygen atoms in total. The normalized spacial score (nSPS) is 14.1. The average molecular weight is 278 g/mol. The summed E-state index contributed by atoms with van der Waals surface area (Å²) in [5, 5.41) is 0. The monoisotopic (exact) mass is 278 g/mol. The zero-order valence-electron chi connectivity index (χ0n) is 6.81. The molecule has 0 aromatic rings. The zero-order valence-corrected chi connectivity index (χ0v) is 7.81. The van der Waals surface area contributed by atoms with Crippen LogP contribution < -0.4 is 5.54 Å². The summed E-state index contributed by atoms with van der Waals surface area (Å²) in [4.78, 5) is 9.96. The molecule has 0 aromatic heterocycles. The van der Waals surface area contributed by atoms with Gasteiger partial charge in [-0.2, -0.15) is 31.9 Å². The maximum atomic E-state index is 12.4. The summed E-state index contributed by atoms with van der Waals surface area (Å²) in [6, 6.07) is 0. The fourth-order valence-electron chi connectivity index (χ4n) is 0.690. The second-order valence-electron chi connectivity index (χ2n) is 2.37. The van der Waals surface area contributed by atoms with Gasteiger partial charge in [-0.15, -0.1) is 4.48 Å². The smallest absolute Gasteiger partial charge is 0.266 e. The third-order valence-corrected chi connectivity index (χ3v) is 3.24. The predicted octanol–water partition coefficient (Wildman–Crippen LogP) is 1.86. The number of alkyl halides is 8. The fraction of sp³-hybridized carbons (Fsp3) is 0.750. The standard InChI is InChI=1S/C4HF9NOSi/c5-2(6,1(15)14-13)16(3(7,8)9)4(10,11)12/h(H,14,15). The van der Waals surface area contributed by atoms with Crippen LogP contribution >= 0.6 is 0 Å². The molecule has 16 heavy (non-hydrogen) atoms. The van der Waals surface area contributed by atoms with Crippen LogP contribution in [0.15, 0.2) is 0 Å². The second kappa shape index (κ2) is 4.14. The van der Waals surface area contributed by atoms with E-state index in [1.807, 2.05) is 0 Å². The van der Waals surface area contributed by atoms with Crippen molar-refractivity contribution in [2.75, 3.05) is 0 Å². The summed E-state index contributed by atoms with van der Waals surface area (Å²) in [5.41, 5.74) is -6.31. The van der Waals surface area contributed by atoms with Crippen LogP contribution in [0.1, 0.15) is 0 Å². The van der Waals surface area contributed by atoms with Gasteiger partial charge in [0.15, 0.2) is 0 Å². The van der Waals surface area contributed by atoms with E-state index in [-0.39, 0.29) is 0 Å². The predicted molar refractivity (Wildman–Crippen MR) is 32.1 cm³/mol. The third-order valence-electron chi connectivity index (χ3n) is 1.25. The Morgan fingerprint density at radius 2 is 1.19 bits per heavy atom. The van der Waals surface area contributed by atoms with Gasteiger partial charge in [0.2, 0.25) is 0 Å². The Morgan fingerprint density at radius 3 is 1.38 bits per heavy atom. The molecular weight excluding hydrogens is 277 g/mol. The van der Waals surface area contributed by atoms with E-state index in [0.717, 1.165) is 0 Å². The molecule has 0 saturated heterocycles. The van der Waals surface area contributed by atoms with Crippen LogP contribution in [0.4, 0.5) is 39.6 Å². The Balaban J connectivity index is 5.46. The van der Waals surface area contributed by atoms with E-state index < -0.39 is 37.4 Å². The molecule has 0 fully saturated rings. The minimum atomic E-state index is -6.45. The number of amides is 1. The average Bonchev–Trinajstić information content (AvgIpc) is 1.95. The van der Waals surface area contributed by atoms with E-state index in [2.05, 4.69) is 0 Å². The quantitative estimate of drug-likeness (QED) is 0.466.